The highest BCUT2D eigenvalue weighted by Crippen LogP contribution is 2.28. The number of anilines is 1. The normalized spacial score (nSPS) is 16.8. The van der Waals surface area contributed by atoms with Crippen molar-refractivity contribution in [3.8, 4) is 0 Å². The number of carbonyl (C=O) groups is 1. The van der Waals surface area contributed by atoms with Crippen LogP contribution in [0.2, 0.25) is 0 Å². The highest BCUT2D eigenvalue weighted by atomic mass is 32.1. The Labute approximate surface area is 176 Å². The third-order valence-corrected chi connectivity index (χ3v) is 5.58. The largest absolute Gasteiger partial charge is 0.490 e. The van der Waals surface area contributed by atoms with Crippen molar-refractivity contribution >= 4 is 23.1 Å². The number of carboxylic acids is 1. The molecule has 1 saturated carbocycles. The summed E-state index contributed by atoms with van der Waals surface area (Å²) in [7, 11) is 0. The lowest BCUT2D eigenvalue weighted by atomic mass is 10.1. The van der Waals surface area contributed by atoms with Crippen LogP contribution >= 0.6 is 11.3 Å². The van der Waals surface area contributed by atoms with Crippen LogP contribution in [0.1, 0.15) is 40.6 Å². The van der Waals surface area contributed by atoms with E-state index in [1.54, 1.807) is 11.3 Å². The number of hydrogen-bond donors (Lipinski definition) is 2. The van der Waals surface area contributed by atoms with Gasteiger partial charge in [-0.25, -0.2) is 19.7 Å². The molecule has 0 spiro atoms. The van der Waals surface area contributed by atoms with E-state index < -0.39 is 12.1 Å². The van der Waals surface area contributed by atoms with Crippen LogP contribution in [0, 0.1) is 13.8 Å². The molecule has 2 aromatic rings. The first kappa shape index (κ1) is 22.4. The van der Waals surface area contributed by atoms with Gasteiger partial charge in [0.05, 0.1) is 16.4 Å². The first-order valence-corrected chi connectivity index (χ1v) is 10.6. The molecule has 2 aliphatic rings. The predicted molar refractivity (Wildman–Crippen MR) is 107 cm³/mol. The topological polar surface area (TPSA) is 91.2 Å². The molecule has 1 aliphatic heterocycles. The zero-order valence-electron chi connectivity index (χ0n) is 16.8. The Morgan fingerprint density at radius 3 is 2.47 bits per heavy atom. The van der Waals surface area contributed by atoms with E-state index in [9.17, 15) is 13.2 Å². The van der Waals surface area contributed by atoms with Gasteiger partial charge in [0.15, 0.2) is 0 Å². The van der Waals surface area contributed by atoms with Gasteiger partial charge in [-0.1, -0.05) is 0 Å². The minimum Gasteiger partial charge on any atom is -0.475 e. The van der Waals surface area contributed by atoms with Gasteiger partial charge in [-0.2, -0.15) is 13.2 Å². The van der Waals surface area contributed by atoms with Crippen molar-refractivity contribution in [3.63, 3.8) is 0 Å². The minimum atomic E-state index is -5.08. The van der Waals surface area contributed by atoms with Gasteiger partial charge in [-0.05, 0) is 33.1 Å². The van der Waals surface area contributed by atoms with Crippen LogP contribution in [-0.4, -0.2) is 56.2 Å². The summed E-state index contributed by atoms with van der Waals surface area (Å²) in [5.41, 5.74) is 3.76. The highest BCUT2D eigenvalue weighted by Gasteiger charge is 2.38. The van der Waals surface area contributed by atoms with Crippen LogP contribution in [0.4, 0.5) is 19.0 Å². The molecule has 0 saturated heterocycles. The predicted octanol–water partition coefficient (Wildman–Crippen LogP) is 3.36. The lowest BCUT2D eigenvalue weighted by molar-refractivity contribution is -0.192. The molecule has 4 rings (SSSR count). The van der Waals surface area contributed by atoms with Crippen LogP contribution in [-0.2, 0) is 24.2 Å². The molecule has 1 fully saturated rings. The summed E-state index contributed by atoms with van der Waals surface area (Å²) in [5, 5.41) is 14.1. The molecule has 1 aliphatic carbocycles. The average molecular weight is 443 g/mol. The molecule has 7 nitrogen and oxygen atoms in total. The summed E-state index contributed by atoms with van der Waals surface area (Å²) in [6, 6.07) is 0.630. The van der Waals surface area contributed by atoms with Gasteiger partial charge in [0.1, 0.15) is 11.6 Å². The first-order chi connectivity index (χ1) is 14.1. The fourth-order valence-electron chi connectivity index (χ4n) is 3.18. The molecule has 0 atom stereocenters. The highest BCUT2D eigenvalue weighted by molar-refractivity contribution is 7.09. The van der Waals surface area contributed by atoms with Crippen LogP contribution in [0.3, 0.4) is 0 Å². The van der Waals surface area contributed by atoms with Crippen LogP contribution in [0.15, 0.2) is 5.38 Å². The van der Waals surface area contributed by atoms with Crippen molar-refractivity contribution in [2.24, 2.45) is 0 Å². The van der Waals surface area contributed by atoms with Gasteiger partial charge in [0.25, 0.3) is 0 Å². The third-order valence-electron chi connectivity index (χ3n) is 4.76. The molecule has 164 valence electrons. The molecule has 0 unspecified atom stereocenters. The summed E-state index contributed by atoms with van der Waals surface area (Å²) in [5.74, 6) is -0.788. The quantitative estimate of drug-likeness (QED) is 0.749. The number of aliphatic carboxylic acids is 1. The minimum absolute atomic E-state index is 0.630. The van der Waals surface area contributed by atoms with Crippen molar-refractivity contribution in [2.75, 3.05) is 18.4 Å². The fraction of sp³-hybridized carbons (Fsp3) is 0.579. The number of carboxylic acid groups (broad SMARTS) is 1. The zero-order chi connectivity index (χ0) is 21.9. The second-order valence-electron chi connectivity index (χ2n) is 7.40. The van der Waals surface area contributed by atoms with Crippen molar-refractivity contribution in [1.82, 2.24) is 19.9 Å². The van der Waals surface area contributed by atoms with Crippen molar-refractivity contribution in [1.29, 1.82) is 0 Å². The monoisotopic (exact) mass is 443 g/mol. The molecule has 30 heavy (non-hydrogen) atoms. The number of thiazole rings is 1. The van der Waals surface area contributed by atoms with E-state index in [0.29, 0.717) is 6.04 Å². The summed E-state index contributed by atoms with van der Waals surface area (Å²) in [6.45, 7) is 7.11. The number of aromatic nitrogens is 3. The third kappa shape index (κ3) is 6.36. The summed E-state index contributed by atoms with van der Waals surface area (Å²) in [6.07, 6.45) is -0.519. The van der Waals surface area contributed by atoms with E-state index in [-0.39, 0.29) is 0 Å². The van der Waals surface area contributed by atoms with Crippen LogP contribution in [0.25, 0.3) is 0 Å². The smallest absolute Gasteiger partial charge is 0.475 e. The Morgan fingerprint density at radius 1 is 1.23 bits per heavy atom. The maximum Gasteiger partial charge on any atom is 0.490 e. The molecule has 0 amide bonds. The number of rotatable bonds is 4. The first-order valence-electron chi connectivity index (χ1n) is 9.68. The van der Waals surface area contributed by atoms with Crippen LogP contribution in [0.5, 0.6) is 0 Å². The second kappa shape index (κ2) is 9.25. The number of nitrogens with one attached hydrogen (secondary N) is 1. The van der Waals surface area contributed by atoms with Gasteiger partial charge in [-0.15, -0.1) is 11.3 Å². The van der Waals surface area contributed by atoms with E-state index in [1.165, 1.54) is 29.8 Å². The number of alkyl halides is 3. The standard InChI is InChI=1S/C17H23N5S.C2HF3O2/c1-11-18-16-6-8-22(9-14-10-23-12(2)20-14)7-5-15(16)17(19-11)21-13-3-4-13;3-2(4,5)1(6)7/h10,13H,3-9H2,1-2H3,(H,18,19,21);(H,6,7). The number of halogens is 3. The fourth-order valence-corrected chi connectivity index (χ4v) is 3.78. The number of hydrogen-bond acceptors (Lipinski definition) is 7. The number of fused-ring (bicyclic) bond motifs is 1. The Morgan fingerprint density at radius 2 is 1.90 bits per heavy atom. The van der Waals surface area contributed by atoms with Crippen molar-refractivity contribution in [2.45, 2.75) is 58.3 Å². The van der Waals surface area contributed by atoms with E-state index >= 15 is 0 Å². The van der Waals surface area contributed by atoms with Gasteiger partial charge >= 0.3 is 12.1 Å². The molecule has 0 bridgehead atoms. The lowest BCUT2D eigenvalue weighted by Gasteiger charge is -2.18. The summed E-state index contributed by atoms with van der Waals surface area (Å²) < 4.78 is 31.7. The Bertz CT molecular complexity index is 899. The van der Waals surface area contributed by atoms with E-state index in [1.807, 2.05) is 6.92 Å². The molecular weight excluding hydrogens is 419 g/mol. The van der Waals surface area contributed by atoms with Gasteiger partial charge in [0, 0.05) is 43.0 Å². The van der Waals surface area contributed by atoms with E-state index in [0.717, 1.165) is 49.1 Å². The molecule has 3 heterocycles. The second-order valence-corrected chi connectivity index (χ2v) is 8.46. The summed E-state index contributed by atoms with van der Waals surface area (Å²) >= 11 is 1.73. The average Bonchev–Trinajstić information content (AvgIpc) is 3.40. The Hall–Kier alpha value is -2.27. The molecule has 0 radical (unpaired) electrons. The SMILES string of the molecule is Cc1nc2c(c(NC3CC3)n1)CCN(Cc1csc(C)n1)CC2.O=C(O)C(F)(F)F. The molecule has 2 aromatic heterocycles. The summed E-state index contributed by atoms with van der Waals surface area (Å²) in [4.78, 5) is 25.4. The van der Waals surface area contributed by atoms with Crippen molar-refractivity contribution in [3.05, 3.63) is 33.2 Å². The molecule has 11 heteroatoms. The van der Waals surface area contributed by atoms with Gasteiger partial charge in [0.2, 0.25) is 0 Å². The van der Waals surface area contributed by atoms with E-state index in [4.69, 9.17) is 14.9 Å². The Balaban J connectivity index is 0.000000318. The molecular formula is C19H24F3N5O2S. The molecule has 2 N–H and O–H groups in total. The number of aryl methyl sites for hydroxylation is 2. The zero-order valence-corrected chi connectivity index (χ0v) is 17.6. The van der Waals surface area contributed by atoms with Gasteiger partial charge in [-0.3, -0.25) is 4.90 Å². The maximum absolute atomic E-state index is 10.6. The maximum atomic E-state index is 10.6. The van der Waals surface area contributed by atoms with Crippen LogP contribution < -0.4 is 5.32 Å². The van der Waals surface area contributed by atoms with Gasteiger partial charge < -0.3 is 10.4 Å². The molecule has 0 aromatic carbocycles. The lowest BCUT2D eigenvalue weighted by Crippen LogP contribution is -2.26. The van der Waals surface area contributed by atoms with E-state index in [2.05, 4.69) is 32.5 Å². The number of nitrogens with zero attached hydrogens (tertiary/aromatic N) is 4. The van der Waals surface area contributed by atoms with Crippen molar-refractivity contribution < 1.29 is 23.1 Å². The Kier molecular flexibility index (Phi) is 6.91.